The Morgan fingerprint density at radius 1 is 1.33 bits per heavy atom. The van der Waals surface area contributed by atoms with E-state index in [9.17, 15) is 5.11 Å². The summed E-state index contributed by atoms with van der Waals surface area (Å²) in [7, 11) is 3.11. The van der Waals surface area contributed by atoms with Gasteiger partial charge in [0.25, 0.3) is 0 Å². The summed E-state index contributed by atoms with van der Waals surface area (Å²) in [5.74, 6) is 1.36. The van der Waals surface area contributed by atoms with E-state index in [-0.39, 0.29) is 12.5 Å². The Morgan fingerprint density at radius 3 is 2.44 bits per heavy atom. The first kappa shape index (κ1) is 14.9. The van der Waals surface area contributed by atoms with Gasteiger partial charge in [0.15, 0.2) is 11.5 Å². The molecule has 0 aliphatic heterocycles. The van der Waals surface area contributed by atoms with Gasteiger partial charge in [-0.05, 0) is 29.2 Å². The summed E-state index contributed by atoms with van der Waals surface area (Å²) in [6, 6.07) is 3.65. The van der Waals surface area contributed by atoms with E-state index in [4.69, 9.17) is 21.1 Å². The van der Waals surface area contributed by atoms with E-state index in [0.717, 1.165) is 11.1 Å². The second-order valence-corrected chi connectivity index (χ2v) is 4.61. The van der Waals surface area contributed by atoms with Gasteiger partial charge in [-0.1, -0.05) is 31.5 Å². The Hall–Kier alpha value is -1.19. The Morgan fingerprint density at radius 2 is 2.00 bits per heavy atom. The predicted octanol–water partition coefficient (Wildman–Crippen LogP) is 3.39. The zero-order valence-electron chi connectivity index (χ0n) is 11.2. The number of halogens is 1. The van der Waals surface area contributed by atoms with Crippen molar-refractivity contribution >= 4 is 17.7 Å². The van der Waals surface area contributed by atoms with E-state index in [1.807, 2.05) is 26.0 Å². The van der Waals surface area contributed by atoms with Crippen molar-refractivity contribution in [3.8, 4) is 11.5 Å². The van der Waals surface area contributed by atoms with Crippen LogP contribution in [0.15, 0.2) is 17.7 Å². The first-order chi connectivity index (χ1) is 8.54. The van der Waals surface area contributed by atoms with Gasteiger partial charge in [-0.15, -0.1) is 0 Å². The molecule has 0 saturated carbocycles. The maximum absolute atomic E-state index is 9.31. The van der Waals surface area contributed by atoms with Gasteiger partial charge in [0, 0.05) is 0 Å². The second kappa shape index (κ2) is 6.66. The molecule has 100 valence electrons. The van der Waals surface area contributed by atoms with Crippen LogP contribution in [0.25, 0.3) is 6.08 Å². The zero-order chi connectivity index (χ0) is 13.7. The van der Waals surface area contributed by atoms with Crippen molar-refractivity contribution in [3.05, 3.63) is 28.3 Å². The molecular weight excluding hydrogens is 252 g/mol. The van der Waals surface area contributed by atoms with Gasteiger partial charge in [0.2, 0.25) is 0 Å². The number of ether oxygens (including phenoxy) is 2. The van der Waals surface area contributed by atoms with Gasteiger partial charge < -0.3 is 14.6 Å². The predicted molar refractivity (Wildman–Crippen MR) is 74.5 cm³/mol. The van der Waals surface area contributed by atoms with Crippen LogP contribution in [0.3, 0.4) is 0 Å². The van der Waals surface area contributed by atoms with E-state index in [1.165, 1.54) is 0 Å². The van der Waals surface area contributed by atoms with Crippen LogP contribution in [0, 0.1) is 5.92 Å². The van der Waals surface area contributed by atoms with Crippen molar-refractivity contribution in [2.24, 2.45) is 5.92 Å². The van der Waals surface area contributed by atoms with Crippen LogP contribution in [-0.4, -0.2) is 25.9 Å². The largest absolute Gasteiger partial charge is 0.493 e. The molecule has 0 amide bonds. The summed E-state index contributed by atoms with van der Waals surface area (Å²) in [5, 5.41) is 9.80. The van der Waals surface area contributed by atoms with Crippen LogP contribution in [-0.2, 0) is 0 Å². The highest BCUT2D eigenvalue weighted by Crippen LogP contribution is 2.38. The molecule has 0 spiro atoms. The molecular formula is C14H19ClO3. The van der Waals surface area contributed by atoms with E-state index in [1.54, 1.807) is 20.3 Å². The summed E-state index contributed by atoms with van der Waals surface area (Å²) < 4.78 is 10.4. The molecule has 0 fully saturated rings. The van der Waals surface area contributed by atoms with Gasteiger partial charge in [0.1, 0.15) is 0 Å². The van der Waals surface area contributed by atoms with E-state index < -0.39 is 0 Å². The first-order valence-corrected chi connectivity index (χ1v) is 6.14. The number of methoxy groups -OCH3 is 2. The summed E-state index contributed by atoms with van der Waals surface area (Å²) >= 11 is 6.27. The second-order valence-electron chi connectivity index (χ2n) is 4.24. The summed E-state index contributed by atoms with van der Waals surface area (Å²) in [6.07, 6.45) is 1.88. The van der Waals surface area contributed by atoms with E-state index in [2.05, 4.69) is 0 Å². The highest BCUT2D eigenvalue weighted by molar-refractivity contribution is 6.33. The molecule has 1 aromatic carbocycles. The number of aliphatic hydroxyl groups excluding tert-OH is 1. The van der Waals surface area contributed by atoms with Crippen LogP contribution < -0.4 is 9.47 Å². The fraction of sp³-hybridized carbons (Fsp3) is 0.429. The smallest absolute Gasteiger partial charge is 0.179 e. The fourth-order valence-corrected chi connectivity index (χ4v) is 1.90. The van der Waals surface area contributed by atoms with Crippen LogP contribution >= 0.6 is 11.6 Å². The zero-order valence-corrected chi connectivity index (χ0v) is 11.9. The Kier molecular flexibility index (Phi) is 5.51. The van der Waals surface area contributed by atoms with Crippen molar-refractivity contribution in [1.29, 1.82) is 0 Å². The van der Waals surface area contributed by atoms with Crippen LogP contribution in [0.5, 0.6) is 11.5 Å². The van der Waals surface area contributed by atoms with Crippen molar-refractivity contribution in [3.63, 3.8) is 0 Å². The van der Waals surface area contributed by atoms with E-state index >= 15 is 0 Å². The van der Waals surface area contributed by atoms with Crippen molar-refractivity contribution < 1.29 is 14.6 Å². The molecule has 18 heavy (non-hydrogen) atoms. The Bertz CT molecular complexity index is 439. The minimum absolute atomic E-state index is 0.0162. The molecule has 0 radical (unpaired) electrons. The lowest BCUT2D eigenvalue weighted by atomic mass is 10.0. The quantitative estimate of drug-likeness (QED) is 0.891. The minimum Gasteiger partial charge on any atom is -0.493 e. The molecule has 0 saturated heterocycles. The third kappa shape index (κ3) is 3.18. The highest BCUT2D eigenvalue weighted by atomic mass is 35.5. The molecule has 0 atom stereocenters. The van der Waals surface area contributed by atoms with Gasteiger partial charge in [-0.2, -0.15) is 0 Å². The maximum Gasteiger partial charge on any atom is 0.179 e. The first-order valence-electron chi connectivity index (χ1n) is 5.76. The van der Waals surface area contributed by atoms with Crippen molar-refractivity contribution in [1.82, 2.24) is 0 Å². The van der Waals surface area contributed by atoms with Crippen LogP contribution in [0.2, 0.25) is 5.02 Å². The molecule has 0 unspecified atom stereocenters. The average Bonchev–Trinajstić information content (AvgIpc) is 2.36. The van der Waals surface area contributed by atoms with Gasteiger partial charge >= 0.3 is 0 Å². The molecule has 1 N–H and O–H groups in total. The number of aliphatic hydroxyl groups is 1. The summed E-state index contributed by atoms with van der Waals surface area (Å²) in [6.45, 7) is 4.07. The Balaban J connectivity index is 3.27. The molecule has 0 aromatic heterocycles. The number of hydrogen-bond acceptors (Lipinski definition) is 3. The minimum atomic E-state index is 0.0162. The van der Waals surface area contributed by atoms with Gasteiger partial charge in [0.05, 0.1) is 25.8 Å². The third-order valence-corrected chi connectivity index (χ3v) is 3.17. The lowest BCUT2D eigenvalue weighted by Crippen LogP contribution is -1.99. The van der Waals surface area contributed by atoms with Crippen LogP contribution in [0.4, 0.5) is 0 Å². The molecule has 1 rings (SSSR count). The Labute approximate surface area is 113 Å². The topological polar surface area (TPSA) is 38.7 Å². The molecule has 0 aliphatic carbocycles. The average molecular weight is 271 g/mol. The van der Waals surface area contributed by atoms with Crippen molar-refractivity contribution in [2.75, 3.05) is 20.8 Å². The highest BCUT2D eigenvalue weighted by Gasteiger charge is 2.12. The lowest BCUT2D eigenvalue weighted by Gasteiger charge is -2.13. The lowest BCUT2D eigenvalue weighted by molar-refractivity contribution is 0.320. The standard InChI is InChI=1S/C14H19ClO3/c1-9(2)11(8-16)7-10-5-6-12(17-3)14(18-4)13(10)15/h5-7,9,16H,8H2,1-4H3. The molecule has 0 heterocycles. The fourth-order valence-electron chi connectivity index (χ4n) is 1.61. The number of benzene rings is 1. The van der Waals surface area contributed by atoms with Gasteiger partial charge in [-0.3, -0.25) is 0 Å². The summed E-state index contributed by atoms with van der Waals surface area (Å²) in [5.41, 5.74) is 1.73. The van der Waals surface area contributed by atoms with E-state index in [0.29, 0.717) is 16.5 Å². The maximum atomic E-state index is 9.31. The van der Waals surface area contributed by atoms with Crippen molar-refractivity contribution in [2.45, 2.75) is 13.8 Å². The monoisotopic (exact) mass is 270 g/mol. The SMILES string of the molecule is COc1ccc(C=C(CO)C(C)C)c(Cl)c1OC. The summed E-state index contributed by atoms with van der Waals surface area (Å²) in [4.78, 5) is 0. The molecule has 0 aliphatic rings. The van der Waals surface area contributed by atoms with Gasteiger partial charge in [-0.25, -0.2) is 0 Å². The molecule has 1 aromatic rings. The number of hydrogen-bond donors (Lipinski definition) is 1. The number of rotatable bonds is 5. The van der Waals surface area contributed by atoms with Crippen LogP contribution in [0.1, 0.15) is 19.4 Å². The molecule has 3 nitrogen and oxygen atoms in total. The molecule has 4 heteroatoms. The molecule has 0 bridgehead atoms. The normalized spacial score (nSPS) is 11.8. The third-order valence-electron chi connectivity index (χ3n) is 2.78.